The minimum atomic E-state index is -3.76. The molecule has 0 unspecified atom stereocenters. The summed E-state index contributed by atoms with van der Waals surface area (Å²) in [6, 6.07) is 21.1. The van der Waals surface area contributed by atoms with E-state index in [0.717, 1.165) is 32.5 Å². The van der Waals surface area contributed by atoms with Gasteiger partial charge in [0, 0.05) is 23.2 Å². The van der Waals surface area contributed by atoms with E-state index < -0.39 is 10.0 Å². The first-order valence-electron chi connectivity index (χ1n) is 11.3. The van der Waals surface area contributed by atoms with Crippen LogP contribution in [0.1, 0.15) is 24.0 Å². The summed E-state index contributed by atoms with van der Waals surface area (Å²) in [5.74, 6) is -0.0794. The van der Waals surface area contributed by atoms with Crippen LogP contribution in [0.2, 0.25) is 5.02 Å². The Hall–Kier alpha value is -2.87. The number of hydrogen-bond donors (Lipinski definition) is 2. The normalized spacial score (nSPS) is 15.1. The largest absolute Gasteiger partial charge is 0.326 e. The van der Waals surface area contributed by atoms with Gasteiger partial charge < -0.3 is 5.32 Å². The number of piperidine rings is 1. The van der Waals surface area contributed by atoms with Crippen LogP contribution in [0.25, 0.3) is 0 Å². The van der Waals surface area contributed by atoms with Crippen LogP contribution in [-0.4, -0.2) is 32.3 Å². The van der Waals surface area contributed by atoms with E-state index >= 15 is 0 Å². The summed E-state index contributed by atoms with van der Waals surface area (Å²) in [4.78, 5) is 15.3. The molecule has 178 valence electrons. The lowest BCUT2D eigenvalue weighted by molar-refractivity contribution is -0.121. The van der Waals surface area contributed by atoms with Crippen LogP contribution in [0, 0.1) is 12.8 Å². The molecule has 3 aromatic carbocycles. The van der Waals surface area contributed by atoms with Gasteiger partial charge in [0.15, 0.2) is 0 Å². The van der Waals surface area contributed by atoms with E-state index in [2.05, 4.69) is 40.1 Å². The minimum absolute atomic E-state index is 0.0248. The van der Waals surface area contributed by atoms with Crippen molar-refractivity contribution in [1.82, 2.24) is 4.90 Å². The van der Waals surface area contributed by atoms with E-state index in [1.54, 1.807) is 36.4 Å². The number of likely N-dealkylation sites (tertiary alicyclic amines) is 1. The van der Waals surface area contributed by atoms with Crippen LogP contribution in [0.3, 0.4) is 0 Å². The molecule has 1 amide bonds. The molecule has 0 atom stereocenters. The molecular formula is C26H28ClN3O3S. The highest BCUT2D eigenvalue weighted by molar-refractivity contribution is 7.92. The number of carbonyl (C=O) groups excluding carboxylic acids is 1. The van der Waals surface area contributed by atoms with Gasteiger partial charge in [0.05, 0.1) is 10.6 Å². The van der Waals surface area contributed by atoms with Gasteiger partial charge in [-0.05, 0) is 86.4 Å². The molecule has 8 heteroatoms. The lowest BCUT2D eigenvalue weighted by Gasteiger charge is -2.31. The fraction of sp³-hybridized carbons (Fsp3) is 0.269. The van der Waals surface area contributed by atoms with Crippen LogP contribution in [0.5, 0.6) is 0 Å². The second kappa shape index (κ2) is 10.6. The van der Waals surface area contributed by atoms with E-state index in [0.29, 0.717) is 16.4 Å². The monoisotopic (exact) mass is 497 g/mol. The fourth-order valence-electron chi connectivity index (χ4n) is 4.11. The van der Waals surface area contributed by atoms with E-state index in [-0.39, 0.29) is 16.7 Å². The molecule has 0 radical (unpaired) electrons. The number of halogens is 1. The van der Waals surface area contributed by atoms with Crippen molar-refractivity contribution in [2.45, 2.75) is 31.2 Å². The number of rotatable bonds is 7. The predicted molar refractivity (Wildman–Crippen MR) is 137 cm³/mol. The van der Waals surface area contributed by atoms with Gasteiger partial charge in [-0.2, -0.15) is 0 Å². The van der Waals surface area contributed by atoms with Gasteiger partial charge in [-0.1, -0.05) is 41.9 Å². The Labute approximate surface area is 206 Å². The van der Waals surface area contributed by atoms with Crippen LogP contribution in [-0.2, 0) is 21.4 Å². The topological polar surface area (TPSA) is 78.5 Å². The van der Waals surface area contributed by atoms with Crippen molar-refractivity contribution < 1.29 is 13.2 Å². The van der Waals surface area contributed by atoms with E-state index in [1.165, 1.54) is 23.3 Å². The molecule has 3 aromatic rings. The molecule has 0 spiro atoms. The van der Waals surface area contributed by atoms with Crippen LogP contribution in [0.15, 0.2) is 77.7 Å². The summed E-state index contributed by atoms with van der Waals surface area (Å²) in [7, 11) is -3.76. The average Bonchev–Trinajstić information content (AvgIpc) is 2.81. The second-order valence-corrected chi connectivity index (χ2v) is 10.7. The first kappa shape index (κ1) is 24.3. The molecule has 0 bridgehead atoms. The zero-order valence-corrected chi connectivity index (χ0v) is 20.6. The molecule has 4 rings (SSSR count). The number of benzene rings is 3. The maximum atomic E-state index is 12.8. The van der Waals surface area contributed by atoms with Gasteiger partial charge in [0.1, 0.15) is 0 Å². The maximum absolute atomic E-state index is 12.8. The third-order valence-electron chi connectivity index (χ3n) is 6.12. The van der Waals surface area contributed by atoms with Crippen molar-refractivity contribution >= 4 is 38.9 Å². The quantitative estimate of drug-likeness (QED) is 0.464. The summed E-state index contributed by atoms with van der Waals surface area (Å²) in [6.45, 7) is 4.77. The molecule has 1 fully saturated rings. The van der Waals surface area contributed by atoms with E-state index in [4.69, 9.17) is 11.6 Å². The fourth-order valence-corrected chi connectivity index (χ4v) is 5.35. The Morgan fingerprint density at radius 3 is 2.35 bits per heavy atom. The molecule has 0 aliphatic carbocycles. The smallest absolute Gasteiger partial charge is 0.261 e. The number of hydrogen-bond acceptors (Lipinski definition) is 4. The minimum Gasteiger partial charge on any atom is -0.326 e. The number of anilines is 2. The van der Waals surface area contributed by atoms with Gasteiger partial charge >= 0.3 is 0 Å². The number of nitrogens with one attached hydrogen (secondary N) is 2. The molecule has 0 aromatic heterocycles. The number of amides is 1. The van der Waals surface area contributed by atoms with Crippen molar-refractivity contribution in [2.75, 3.05) is 23.1 Å². The third kappa shape index (κ3) is 6.17. The summed E-state index contributed by atoms with van der Waals surface area (Å²) < 4.78 is 27.8. The third-order valence-corrected chi connectivity index (χ3v) is 7.75. The Morgan fingerprint density at radius 1 is 0.971 bits per heavy atom. The number of sulfonamides is 1. The van der Waals surface area contributed by atoms with Crippen molar-refractivity contribution in [3.63, 3.8) is 0 Å². The lowest BCUT2D eigenvalue weighted by atomic mass is 9.95. The van der Waals surface area contributed by atoms with Crippen LogP contribution in [0.4, 0.5) is 11.4 Å². The molecule has 1 aliphatic heterocycles. The Balaban J connectivity index is 1.30. The van der Waals surface area contributed by atoms with Crippen molar-refractivity contribution in [3.05, 3.63) is 88.9 Å². The Bertz CT molecular complexity index is 1250. The predicted octanol–water partition coefficient (Wildman–Crippen LogP) is 5.30. The van der Waals surface area contributed by atoms with Crippen LogP contribution < -0.4 is 10.0 Å². The lowest BCUT2D eigenvalue weighted by Crippen LogP contribution is -2.37. The first-order chi connectivity index (χ1) is 16.3. The molecule has 1 heterocycles. The zero-order chi connectivity index (χ0) is 24.1. The number of nitrogens with zero attached hydrogens (tertiary/aromatic N) is 1. The highest BCUT2D eigenvalue weighted by atomic mass is 35.5. The van der Waals surface area contributed by atoms with Gasteiger partial charge in [-0.25, -0.2) is 8.42 Å². The Kier molecular flexibility index (Phi) is 7.56. The van der Waals surface area contributed by atoms with Gasteiger partial charge in [-0.3, -0.25) is 14.4 Å². The average molecular weight is 498 g/mol. The van der Waals surface area contributed by atoms with Gasteiger partial charge in [0.25, 0.3) is 10.0 Å². The van der Waals surface area contributed by atoms with Crippen molar-refractivity contribution in [1.29, 1.82) is 0 Å². The molecule has 2 N–H and O–H groups in total. The molecule has 1 aliphatic rings. The molecule has 1 saturated heterocycles. The first-order valence-corrected chi connectivity index (χ1v) is 13.1. The maximum Gasteiger partial charge on any atom is 0.261 e. The summed E-state index contributed by atoms with van der Waals surface area (Å²) >= 11 is 5.93. The second-order valence-electron chi connectivity index (χ2n) is 8.61. The Morgan fingerprint density at radius 2 is 1.68 bits per heavy atom. The summed E-state index contributed by atoms with van der Waals surface area (Å²) in [5, 5.41) is 3.37. The van der Waals surface area contributed by atoms with Crippen molar-refractivity contribution in [2.24, 2.45) is 5.92 Å². The summed E-state index contributed by atoms with van der Waals surface area (Å²) in [5.41, 5.74) is 3.58. The number of carbonyl (C=O) groups is 1. The standard InChI is InChI=1S/C26H28ClN3O3S/c1-19-5-2-3-6-21(19)18-30-15-13-20(14-16-30)26(31)28-23-9-11-25(12-10-23)34(32,33)29-24-8-4-7-22(27)17-24/h2-12,17,20,29H,13-16,18H2,1H3,(H,28,31). The SMILES string of the molecule is Cc1ccccc1CN1CCC(C(=O)Nc2ccc(S(=O)(=O)Nc3cccc(Cl)c3)cc2)CC1. The van der Waals surface area contributed by atoms with Gasteiger partial charge in [0.2, 0.25) is 5.91 Å². The van der Waals surface area contributed by atoms with E-state index in [9.17, 15) is 13.2 Å². The zero-order valence-electron chi connectivity index (χ0n) is 19.0. The highest BCUT2D eigenvalue weighted by Crippen LogP contribution is 2.24. The summed E-state index contributed by atoms with van der Waals surface area (Å²) in [6.07, 6.45) is 1.60. The molecule has 0 saturated carbocycles. The van der Waals surface area contributed by atoms with Gasteiger partial charge in [-0.15, -0.1) is 0 Å². The van der Waals surface area contributed by atoms with E-state index in [1.807, 2.05) is 6.07 Å². The molecular weight excluding hydrogens is 470 g/mol. The van der Waals surface area contributed by atoms with Crippen molar-refractivity contribution in [3.8, 4) is 0 Å². The molecule has 6 nitrogen and oxygen atoms in total. The highest BCUT2D eigenvalue weighted by Gasteiger charge is 2.25. The number of aryl methyl sites for hydroxylation is 1. The molecule has 34 heavy (non-hydrogen) atoms. The van der Waals surface area contributed by atoms with Crippen LogP contribution >= 0.6 is 11.6 Å².